The van der Waals surface area contributed by atoms with Gasteiger partial charge in [0.25, 0.3) is 0 Å². The number of carbonyl (C=O) groups is 1. The lowest BCUT2D eigenvalue weighted by Crippen LogP contribution is -2.51. The number of anilines is 1. The van der Waals surface area contributed by atoms with Gasteiger partial charge in [-0.05, 0) is 24.3 Å². The molecule has 0 spiro atoms. The minimum atomic E-state index is -3.76. The first-order chi connectivity index (χ1) is 16.0. The van der Waals surface area contributed by atoms with Crippen LogP contribution < -0.4 is 9.62 Å². The Kier molecular flexibility index (Phi) is 7.44. The molecule has 2 aliphatic heterocycles. The minimum absolute atomic E-state index is 0.0163. The van der Waals surface area contributed by atoms with Crippen molar-refractivity contribution in [1.82, 2.24) is 9.62 Å². The quantitative estimate of drug-likeness (QED) is 0.592. The van der Waals surface area contributed by atoms with Gasteiger partial charge in [0.2, 0.25) is 15.9 Å². The van der Waals surface area contributed by atoms with Gasteiger partial charge in [-0.3, -0.25) is 4.79 Å². The molecular formula is C24H29N3O5S. The summed E-state index contributed by atoms with van der Waals surface area (Å²) in [5, 5.41) is 9.77. The number of sulfonamides is 1. The summed E-state index contributed by atoms with van der Waals surface area (Å²) in [4.78, 5) is 17.0. The fourth-order valence-electron chi connectivity index (χ4n) is 4.11. The number of hydrogen-bond acceptors (Lipinski definition) is 6. The second kappa shape index (κ2) is 10.5. The van der Waals surface area contributed by atoms with Crippen LogP contribution in [0.1, 0.15) is 6.42 Å². The number of aliphatic hydroxyl groups is 1. The van der Waals surface area contributed by atoms with Crippen molar-refractivity contribution in [3.8, 4) is 0 Å². The van der Waals surface area contributed by atoms with Crippen molar-refractivity contribution in [2.24, 2.45) is 0 Å². The molecule has 0 aliphatic carbocycles. The van der Waals surface area contributed by atoms with Crippen LogP contribution in [0.25, 0.3) is 0 Å². The number of nitrogens with zero attached hydrogens (tertiary/aromatic N) is 2. The number of para-hydroxylation sites is 1. The van der Waals surface area contributed by atoms with Crippen molar-refractivity contribution in [2.75, 3.05) is 37.7 Å². The third-order valence-electron chi connectivity index (χ3n) is 5.94. The zero-order valence-electron chi connectivity index (χ0n) is 18.3. The van der Waals surface area contributed by atoms with Gasteiger partial charge in [0, 0.05) is 31.9 Å². The third-order valence-corrected chi connectivity index (χ3v) is 7.41. The van der Waals surface area contributed by atoms with Gasteiger partial charge in [-0.15, -0.1) is 0 Å². The normalized spacial score (nSPS) is 23.5. The Morgan fingerprint density at radius 1 is 0.970 bits per heavy atom. The molecule has 4 rings (SSSR count). The predicted molar refractivity (Wildman–Crippen MR) is 125 cm³/mol. The van der Waals surface area contributed by atoms with E-state index in [1.807, 2.05) is 23.1 Å². The van der Waals surface area contributed by atoms with Crippen LogP contribution in [-0.2, 0) is 19.6 Å². The van der Waals surface area contributed by atoms with Crippen LogP contribution >= 0.6 is 0 Å². The maximum Gasteiger partial charge on any atom is 0.241 e. The fourth-order valence-corrected chi connectivity index (χ4v) is 5.35. The van der Waals surface area contributed by atoms with Crippen molar-refractivity contribution in [3.05, 3.63) is 72.8 Å². The van der Waals surface area contributed by atoms with E-state index in [0.29, 0.717) is 13.1 Å². The highest BCUT2D eigenvalue weighted by Gasteiger charge is 2.32. The molecule has 2 aliphatic rings. The molecule has 1 amide bonds. The van der Waals surface area contributed by atoms with Gasteiger partial charge in [0.1, 0.15) is 6.10 Å². The molecule has 0 radical (unpaired) electrons. The lowest BCUT2D eigenvalue weighted by molar-refractivity contribution is -0.135. The highest BCUT2D eigenvalue weighted by molar-refractivity contribution is 7.89. The molecule has 3 atom stereocenters. The van der Waals surface area contributed by atoms with Crippen molar-refractivity contribution in [2.45, 2.75) is 29.6 Å². The first-order valence-corrected chi connectivity index (χ1v) is 12.5. The Bertz CT molecular complexity index is 1050. The molecule has 2 heterocycles. The predicted octanol–water partition coefficient (Wildman–Crippen LogP) is 1.39. The molecule has 1 fully saturated rings. The molecule has 0 unspecified atom stereocenters. The van der Waals surface area contributed by atoms with Gasteiger partial charge in [0.15, 0.2) is 0 Å². The Morgan fingerprint density at radius 3 is 2.24 bits per heavy atom. The van der Waals surface area contributed by atoms with Gasteiger partial charge in [-0.1, -0.05) is 48.6 Å². The van der Waals surface area contributed by atoms with Crippen LogP contribution in [0.2, 0.25) is 0 Å². The zero-order chi connectivity index (χ0) is 23.3. The number of carbonyl (C=O) groups excluding carboxylic acids is 1. The monoisotopic (exact) mass is 471 g/mol. The van der Waals surface area contributed by atoms with Gasteiger partial charge in [-0.2, -0.15) is 0 Å². The summed E-state index contributed by atoms with van der Waals surface area (Å²) in [7, 11) is -3.76. The second-order valence-corrected chi connectivity index (χ2v) is 9.86. The highest BCUT2D eigenvalue weighted by Crippen LogP contribution is 2.20. The summed E-state index contributed by atoms with van der Waals surface area (Å²) < 4.78 is 33.6. The first-order valence-electron chi connectivity index (χ1n) is 11.1. The molecule has 0 aromatic heterocycles. The van der Waals surface area contributed by atoms with Crippen molar-refractivity contribution < 1.29 is 23.1 Å². The summed E-state index contributed by atoms with van der Waals surface area (Å²) in [5.74, 6) is -0.0163. The topological polar surface area (TPSA) is 99.2 Å². The van der Waals surface area contributed by atoms with E-state index in [-0.39, 0.29) is 23.8 Å². The Morgan fingerprint density at radius 2 is 1.61 bits per heavy atom. The molecule has 1 saturated heterocycles. The summed E-state index contributed by atoms with van der Waals surface area (Å²) in [5.41, 5.74) is 1.15. The van der Waals surface area contributed by atoms with Crippen LogP contribution in [-0.4, -0.2) is 75.4 Å². The molecule has 0 saturated carbocycles. The maximum absolute atomic E-state index is 12.8. The highest BCUT2D eigenvalue weighted by atomic mass is 32.2. The maximum atomic E-state index is 12.8. The summed E-state index contributed by atoms with van der Waals surface area (Å²) in [6.45, 7) is 2.42. The second-order valence-electron chi connectivity index (χ2n) is 8.15. The van der Waals surface area contributed by atoms with E-state index in [4.69, 9.17) is 4.74 Å². The average molecular weight is 472 g/mol. The molecule has 2 aromatic carbocycles. The molecule has 176 valence electrons. The molecule has 9 heteroatoms. The first kappa shape index (κ1) is 23.4. The number of nitrogens with one attached hydrogen (secondary N) is 1. The molecule has 0 bridgehead atoms. The summed E-state index contributed by atoms with van der Waals surface area (Å²) >= 11 is 0. The average Bonchev–Trinajstić information content (AvgIpc) is 2.86. The van der Waals surface area contributed by atoms with Crippen LogP contribution in [0.5, 0.6) is 0 Å². The van der Waals surface area contributed by atoms with Crippen molar-refractivity contribution >= 4 is 21.6 Å². The van der Waals surface area contributed by atoms with Crippen LogP contribution in [0.15, 0.2) is 77.7 Å². The number of hydrogen-bond donors (Lipinski definition) is 2. The standard InChI is InChI=1S/C24H29N3O5S/c28-18-23-22(25-33(30,31)21-9-5-2-6-10-21)12-11-20(32-23)17-24(29)27-15-13-26(14-16-27)19-7-3-1-4-8-19/h1-12,20,22-23,25,28H,13-18H2/t20-,22+,23-/m1/s1. The number of benzene rings is 2. The Balaban J connectivity index is 1.32. The minimum Gasteiger partial charge on any atom is -0.394 e. The SMILES string of the molecule is O=C(C[C@H]1C=C[C@H](NS(=O)(=O)c2ccccc2)[C@@H](CO)O1)N1CCN(c2ccccc2)CC1. The van der Waals surface area contributed by atoms with Gasteiger partial charge < -0.3 is 19.6 Å². The zero-order valence-corrected chi connectivity index (χ0v) is 19.1. The molecule has 2 N–H and O–H groups in total. The van der Waals surface area contributed by atoms with E-state index in [2.05, 4.69) is 21.8 Å². The van der Waals surface area contributed by atoms with Crippen LogP contribution in [0.3, 0.4) is 0 Å². The molecular weight excluding hydrogens is 442 g/mol. The lowest BCUT2D eigenvalue weighted by Gasteiger charge is -2.37. The van der Waals surface area contributed by atoms with Gasteiger partial charge in [-0.25, -0.2) is 13.1 Å². The fraction of sp³-hybridized carbons (Fsp3) is 0.375. The van der Waals surface area contributed by atoms with E-state index in [9.17, 15) is 18.3 Å². The molecule has 2 aromatic rings. The molecule has 8 nitrogen and oxygen atoms in total. The Hall–Kier alpha value is -2.72. The van der Waals surface area contributed by atoms with E-state index in [0.717, 1.165) is 18.8 Å². The number of aliphatic hydroxyl groups excluding tert-OH is 1. The summed E-state index contributed by atoms with van der Waals surface area (Å²) in [6, 6.07) is 17.4. The van der Waals surface area contributed by atoms with E-state index in [1.165, 1.54) is 12.1 Å². The smallest absolute Gasteiger partial charge is 0.241 e. The van der Waals surface area contributed by atoms with E-state index >= 15 is 0 Å². The Labute approximate surface area is 194 Å². The van der Waals surface area contributed by atoms with E-state index in [1.54, 1.807) is 30.4 Å². The van der Waals surface area contributed by atoms with Crippen LogP contribution in [0.4, 0.5) is 5.69 Å². The third kappa shape index (κ3) is 5.80. The van der Waals surface area contributed by atoms with Gasteiger partial charge >= 0.3 is 0 Å². The molecule has 33 heavy (non-hydrogen) atoms. The van der Waals surface area contributed by atoms with Crippen molar-refractivity contribution in [1.29, 1.82) is 0 Å². The van der Waals surface area contributed by atoms with Crippen molar-refractivity contribution in [3.63, 3.8) is 0 Å². The number of ether oxygens (including phenoxy) is 1. The number of piperazine rings is 1. The lowest BCUT2D eigenvalue weighted by atomic mass is 10.1. The van der Waals surface area contributed by atoms with Crippen LogP contribution in [0, 0.1) is 0 Å². The number of rotatable bonds is 7. The van der Waals surface area contributed by atoms with Gasteiger partial charge in [0.05, 0.1) is 30.1 Å². The largest absolute Gasteiger partial charge is 0.394 e. The van der Waals surface area contributed by atoms with E-state index < -0.39 is 28.3 Å². The summed E-state index contributed by atoms with van der Waals surface area (Å²) in [6.07, 6.45) is 2.22. The number of amides is 1.